The highest BCUT2D eigenvalue weighted by molar-refractivity contribution is 5.97. The number of fused-ring (bicyclic) bond motifs is 4. The zero-order valence-electron chi connectivity index (χ0n) is 17.4. The number of methoxy groups -OCH3 is 2. The van der Waals surface area contributed by atoms with Crippen molar-refractivity contribution in [1.29, 1.82) is 0 Å². The lowest BCUT2D eigenvalue weighted by molar-refractivity contribution is 0.292. The molecule has 2 aliphatic heterocycles. The minimum atomic E-state index is 0. The zero-order chi connectivity index (χ0) is 19.7. The van der Waals surface area contributed by atoms with Crippen LogP contribution in [-0.2, 0) is 6.54 Å². The Bertz CT molecular complexity index is 1090. The predicted octanol–water partition coefficient (Wildman–Crippen LogP) is 3.22. The molecule has 2 aromatic rings. The topological polar surface area (TPSA) is 83.9 Å². The maximum absolute atomic E-state index is 5.54. The predicted molar refractivity (Wildman–Crippen MR) is 116 cm³/mol. The first-order valence-electron chi connectivity index (χ1n) is 9.73. The van der Waals surface area contributed by atoms with Crippen molar-refractivity contribution in [1.82, 2.24) is 19.4 Å². The number of hydrogen-bond donors (Lipinski definition) is 0. The van der Waals surface area contributed by atoms with E-state index in [0.717, 1.165) is 59.6 Å². The molecule has 7 nitrogen and oxygen atoms in total. The number of nitrogens with zero attached hydrogens (tertiary/aromatic N) is 4. The summed E-state index contributed by atoms with van der Waals surface area (Å²) in [7, 11) is 3.31. The fourth-order valence-corrected chi connectivity index (χ4v) is 3.76. The Labute approximate surface area is 170 Å². The Hall–Kier alpha value is -2.90. The third-order valence-electron chi connectivity index (χ3n) is 5.39. The molecular formula is C22H28N4O3. The van der Waals surface area contributed by atoms with Gasteiger partial charge in [0, 0.05) is 30.6 Å². The summed E-state index contributed by atoms with van der Waals surface area (Å²) in [4.78, 5) is 12.3. The Morgan fingerprint density at radius 2 is 1.62 bits per heavy atom. The van der Waals surface area contributed by atoms with E-state index < -0.39 is 0 Å². The number of ether oxygens (including phenoxy) is 2. The number of likely N-dealkylation sites (N-methyl/N-ethyl adjacent to an activating group) is 1. The van der Waals surface area contributed by atoms with Crippen LogP contribution in [0.25, 0.3) is 33.5 Å². The third-order valence-corrected chi connectivity index (χ3v) is 5.39. The summed E-state index contributed by atoms with van der Waals surface area (Å²) in [6.45, 7) is 8.21. The highest BCUT2D eigenvalue weighted by atomic mass is 16.5. The molecule has 7 heteroatoms. The molecule has 154 valence electrons. The highest BCUT2D eigenvalue weighted by Crippen LogP contribution is 2.36. The average molecular weight is 396 g/mol. The van der Waals surface area contributed by atoms with E-state index >= 15 is 0 Å². The van der Waals surface area contributed by atoms with Crippen molar-refractivity contribution >= 4 is 21.9 Å². The maximum Gasteiger partial charge on any atom is 0.163 e. The standard InChI is InChI=1S/C22H26N4O2.H2O/c1-5-25(6-2)11-12-26-18-14-20(28-4)19(27-3)13-17(18)23-21-15-9-7-8-10-16(15)24-22(21)26;/h7-10,13-14H,5-6,11-12H2,1-4H3;1H2. The normalized spacial score (nSPS) is 11.3. The lowest BCUT2D eigenvalue weighted by Crippen LogP contribution is -2.27. The van der Waals surface area contributed by atoms with Crippen LogP contribution >= 0.6 is 0 Å². The van der Waals surface area contributed by atoms with E-state index in [2.05, 4.69) is 29.4 Å². The van der Waals surface area contributed by atoms with Crippen LogP contribution in [0.1, 0.15) is 13.8 Å². The second-order valence-corrected chi connectivity index (χ2v) is 6.79. The molecule has 0 spiro atoms. The van der Waals surface area contributed by atoms with Gasteiger partial charge in [-0.3, -0.25) is 0 Å². The van der Waals surface area contributed by atoms with Gasteiger partial charge in [0.2, 0.25) is 0 Å². The van der Waals surface area contributed by atoms with Gasteiger partial charge in [0.1, 0.15) is 5.69 Å². The smallest absolute Gasteiger partial charge is 0.163 e. The van der Waals surface area contributed by atoms with E-state index in [1.807, 2.05) is 30.3 Å². The zero-order valence-corrected chi connectivity index (χ0v) is 17.4. The Kier molecular flexibility index (Phi) is 6.20. The molecule has 0 saturated heterocycles. The summed E-state index contributed by atoms with van der Waals surface area (Å²) in [6, 6.07) is 12.1. The van der Waals surface area contributed by atoms with Crippen molar-refractivity contribution < 1.29 is 14.9 Å². The van der Waals surface area contributed by atoms with E-state index in [9.17, 15) is 0 Å². The van der Waals surface area contributed by atoms with E-state index in [0.29, 0.717) is 11.5 Å². The first-order chi connectivity index (χ1) is 13.7. The Balaban J connectivity index is 0.00000240. The lowest BCUT2D eigenvalue weighted by atomic mass is 10.2. The second-order valence-electron chi connectivity index (χ2n) is 6.79. The molecule has 4 rings (SSSR count). The molecule has 2 aromatic carbocycles. The fraction of sp³-hybridized carbons (Fsp3) is 0.364. The molecule has 0 aromatic heterocycles. The molecule has 2 aliphatic rings. The summed E-state index contributed by atoms with van der Waals surface area (Å²) < 4.78 is 13.3. The number of aromatic nitrogens is 3. The third kappa shape index (κ3) is 3.59. The Morgan fingerprint density at radius 3 is 2.31 bits per heavy atom. The molecule has 0 unspecified atom stereocenters. The lowest BCUT2D eigenvalue weighted by Gasteiger charge is -2.22. The number of hydrogen-bond acceptors (Lipinski definition) is 5. The molecule has 29 heavy (non-hydrogen) atoms. The van der Waals surface area contributed by atoms with Gasteiger partial charge in [0.05, 0.1) is 30.8 Å². The fourth-order valence-electron chi connectivity index (χ4n) is 3.76. The van der Waals surface area contributed by atoms with Crippen LogP contribution in [-0.4, -0.2) is 58.8 Å². The molecule has 0 saturated carbocycles. The van der Waals surface area contributed by atoms with Gasteiger partial charge in [-0.05, 0) is 19.2 Å². The summed E-state index contributed by atoms with van der Waals surface area (Å²) in [5.74, 6) is 2.29. The number of para-hydroxylation sites is 1. The van der Waals surface area contributed by atoms with Crippen LogP contribution in [0.5, 0.6) is 11.5 Å². The first-order valence-corrected chi connectivity index (χ1v) is 9.73. The van der Waals surface area contributed by atoms with Crippen molar-refractivity contribution in [3.8, 4) is 23.0 Å². The van der Waals surface area contributed by atoms with Crippen LogP contribution in [0, 0.1) is 0 Å². The summed E-state index contributed by atoms with van der Waals surface area (Å²) >= 11 is 0. The van der Waals surface area contributed by atoms with Gasteiger partial charge in [-0.1, -0.05) is 32.0 Å². The van der Waals surface area contributed by atoms with E-state index in [1.165, 1.54) is 0 Å². The summed E-state index contributed by atoms with van der Waals surface area (Å²) in [5.41, 5.74) is 3.77. The van der Waals surface area contributed by atoms with Crippen molar-refractivity contribution in [3.63, 3.8) is 0 Å². The van der Waals surface area contributed by atoms with E-state index in [1.54, 1.807) is 14.2 Å². The quantitative estimate of drug-likeness (QED) is 0.479. The van der Waals surface area contributed by atoms with Crippen LogP contribution in [0.15, 0.2) is 36.4 Å². The van der Waals surface area contributed by atoms with Crippen LogP contribution in [0.3, 0.4) is 0 Å². The van der Waals surface area contributed by atoms with Gasteiger partial charge in [-0.2, -0.15) is 0 Å². The van der Waals surface area contributed by atoms with Crippen molar-refractivity contribution in [2.45, 2.75) is 20.4 Å². The average Bonchev–Trinajstić information content (AvgIpc) is 3.11. The van der Waals surface area contributed by atoms with E-state index in [4.69, 9.17) is 19.4 Å². The molecule has 2 heterocycles. The van der Waals surface area contributed by atoms with Gasteiger partial charge in [0.15, 0.2) is 17.3 Å². The minimum absolute atomic E-state index is 0. The van der Waals surface area contributed by atoms with Crippen LogP contribution in [0.4, 0.5) is 0 Å². The number of benzene rings is 2. The SMILES string of the molecule is CCN(CC)CCn1c2nc3ccccc3c-2nc2cc(OC)c(OC)cc21.O. The summed E-state index contributed by atoms with van der Waals surface area (Å²) in [6.07, 6.45) is 0. The van der Waals surface area contributed by atoms with Crippen molar-refractivity contribution in [2.24, 2.45) is 0 Å². The van der Waals surface area contributed by atoms with E-state index in [-0.39, 0.29) is 5.48 Å². The van der Waals surface area contributed by atoms with Gasteiger partial charge >= 0.3 is 0 Å². The molecular weight excluding hydrogens is 368 g/mol. The minimum Gasteiger partial charge on any atom is -0.493 e. The van der Waals surface area contributed by atoms with Gasteiger partial charge in [-0.15, -0.1) is 0 Å². The summed E-state index contributed by atoms with van der Waals surface area (Å²) in [5, 5.41) is 1.07. The number of rotatable bonds is 7. The Morgan fingerprint density at radius 1 is 0.931 bits per heavy atom. The highest BCUT2D eigenvalue weighted by Gasteiger charge is 2.21. The molecule has 0 fully saturated rings. The molecule has 0 atom stereocenters. The van der Waals surface area contributed by atoms with Gasteiger partial charge in [-0.25, -0.2) is 9.97 Å². The molecule has 0 bridgehead atoms. The van der Waals surface area contributed by atoms with Crippen LogP contribution in [0.2, 0.25) is 0 Å². The largest absolute Gasteiger partial charge is 0.493 e. The molecule has 0 amide bonds. The molecule has 2 N–H and O–H groups in total. The molecule has 0 aliphatic carbocycles. The van der Waals surface area contributed by atoms with Gasteiger partial charge in [0.25, 0.3) is 0 Å². The second kappa shape index (κ2) is 8.63. The van der Waals surface area contributed by atoms with Crippen LogP contribution < -0.4 is 9.47 Å². The van der Waals surface area contributed by atoms with Crippen molar-refractivity contribution in [3.05, 3.63) is 36.4 Å². The molecule has 0 radical (unpaired) electrons. The van der Waals surface area contributed by atoms with Crippen molar-refractivity contribution in [2.75, 3.05) is 33.9 Å². The van der Waals surface area contributed by atoms with Gasteiger partial charge < -0.3 is 24.4 Å². The maximum atomic E-state index is 5.54. The first kappa shape index (κ1) is 20.8. The monoisotopic (exact) mass is 396 g/mol.